The Balaban J connectivity index is 1.80. The van der Waals surface area contributed by atoms with Crippen LogP contribution in [0.25, 0.3) is 0 Å². The molecule has 1 atom stereocenters. The first-order valence-corrected chi connectivity index (χ1v) is 13.2. The molecule has 0 spiro atoms. The zero-order chi connectivity index (χ0) is 28.8. The zero-order valence-electron chi connectivity index (χ0n) is 19.3. The predicted molar refractivity (Wildman–Crippen MR) is 124 cm³/mol. The number of anilines is 2. The molecule has 2 heterocycles. The van der Waals surface area contributed by atoms with Crippen LogP contribution in [0.5, 0.6) is 0 Å². The molecule has 2 aromatic carbocycles. The van der Waals surface area contributed by atoms with Gasteiger partial charge in [0.2, 0.25) is 11.0 Å². The number of aryl methyl sites for hydroxylation is 1. The molecule has 1 aliphatic heterocycles. The number of rotatable bonds is 6. The zero-order valence-corrected chi connectivity index (χ0v) is 20.9. The summed E-state index contributed by atoms with van der Waals surface area (Å²) >= 11 is 0.985. The Morgan fingerprint density at radius 3 is 2.28 bits per heavy atom. The molecule has 39 heavy (non-hydrogen) atoms. The van der Waals surface area contributed by atoms with Crippen molar-refractivity contribution in [1.29, 1.82) is 0 Å². The molecule has 0 radical (unpaired) electrons. The average molecular weight is 599 g/mol. The second-order valence-corrected chi connectivity index (χ2v) is 11.1. The van der Waals surface area contributed by atoms with Gasteiger partial charge in [-0.05, 0) is 48.7 Å². The number of carbonyl (C=O) groups is 1. The molecular formula is C22H17F7N4O4S2. The van der Waals surface area contributed by atoms with Crippen molar-refractivity contribution >= 4 is 38.1 Å². The highest BCUT2D eigenvalue weighted by Gasteiger charge is 2.71. The van der Waals surface area contributed by atoms with Crippen molar-refractivity contribution in [3.63, 3.8) is 0 Å². The van der Waals surface area contributed by atoms with Crippen LogP contribution in [0.2, 0.25) is 0 Å². The summed E-state index contributed by atoms with van der Waals surface area (Å²) in [7, 11) is -4.60. The van der Waals surface area contributed by atoms with Gasteiger partial charge in [-0.1, -0.05) is 23.5 Å². The third kappa shape index (κ3) is 5.29. The molecule has 0 bridgehead atoms. The lowest BCUT2D eigenvalue weighted by molar-refractivity contribution is -0.376. The average Bonchev–Trinajstić information content (AvgIpc) is 3.34. The van der Waals surface area contributed by atoms with E-state index in [0.29, 0.717) is 22.5 Å². The minimum Gasteiger partial charge on any atom is -0.369 e. The molecule has 3 aromatic rings. The van der Waals surface area contributed by atoms with Crippen molar-refractivity contribution in [2.24, 2.45) is 0 Å². The molecule has 8 nitrogen and oxygen atoms in total. The van der Waals surface area contributed by atoms with Gasteiger partial charge in [0.25, 0.3) is 15.6 Å². The molecule has 1 aromatic heterocycles. The topological polar surface area (TPSA) is 112 Å². The second-order valence-electron chi connectivity index (χ2n) is 8.49. The maximum atomic E-state index is 13.6. The van der Waals surface area contributed by atoms with Crippen LogP contribution in [0, 0.1) is 5.82 Å². The Labute approximate surface area is 220 Å². The van der Waals surface area contributed by atoms with Gasteiger partial charge in [-0.25, -0.2) is 12.8 Å². The maximum Gasteiger partial charge on any atom is 0.430 e. The van der Waals surface area contributed by atoms with E-state index >= 15 is 0 Å². The lowest BCUT2D eigenvalue weighted by Crippen LogP contribution is -2.54. The molecule has 2 N–H and O–H groups in total. The van der Waals surface area contributed by atoms with Crippen molar-refractivity contribution in [1.82, 2.24) is 10.2 Å². The van der Waals surface area contributed by atoms with E-state index in [2.05, 4.69) is 15.5 Å². The molecule has 0 fully saturated rings. The Morgan fingerprint density at radius 1 is 1.08 bits per heavy atom. The van der Waals surface area contributed by atoms with Gasteiger partial charge in [-0.2, -0.15) is 26.3 Å². The minimum absolute atomic E-state index is 0.118. The first-order chi connectivity index (χ1) is 18.1. The third-order valence-electron chi connectivity index (χ3n) is 6.03. The summed E-state index contributed by atoms with van der Waals surface area (Å²) < 4.78 is 122. The van der Waals surface area contributed by atoms with Gasteiger partial charge in [0.1, 0.15) is 11.3 Å². The van der Waals surface area contributed by atoms with E-state index in [9.17, 15) is 49.1 Å². The fraction of sp³-hybridized carbons (Fsp3) is 0.318. The number of aliphatic hydroxyl groups is 1. The van der Waals surface area contributed by atoms with Crippen LogP contribution in [-0.2, 0) is 26.8 Å². The number of benzene rings is 2. The molecular weight excluding hydrogens is 581 g/mol. The SMILES string of the molecule is O=C(C[C@@H]1CCc2cc(C(O)(C(F)(F)F)C(F)(F)F)ccc2N1S(=O)(=O)c1ccc(F)cc1)Nc1nncs1. The van der Waals surface area contributed by atoms with E-state index in [1.165, 1.54) is 5.51 Å². The number of aromatic nitrogens is 2. The number of halogens is 7. The van der Waals surface area contributed by atoms with E-state index in [0.717, 1.165) is 35.6 Å². The molecule has 1 amide bonds. The molecule has 1 aliphatic rings. The number of alkyl halides is 6. The highest BCUT2D eigenvalue weighted by atomic mass is 32.2. The van der Waals surface area contributed by atoms with E-state index in [1.807, 2.05) is 0 Å². The van der Waals surface area contributed by atoms with Gasteiger partial charge < -0.3 is 10.4 Å². The smallest absolute Gasteiger partial charge is 0.369 e. The summed E-state index contributed by atoms with van der Waals surface area (Å²) in [6, 6.07) is 3.92. The first kappa shape index (κ1) is 28.7. The Bertz CT molecular complexity index is 1450. The normalized spacial score (nSPS) is 16.6. The van der Waals surface area contributed by atoms with E-state index < -0.39 is 62.6 Å². The number of nitrogens with one attached hydrogen (secondary N) is 1. The third-order valence-corrected chi connectivity index (χ3v) is 8.52. The number of carbonyl (C=O) groups excluding carboxylic acids is 1. The number of hydrogen-bond acceptors (Lipinski definition) is 7. The van der Waals surface area contributed by atoms with Gasteiger partial charge >= 0.3 is 12.4 Å². The van der Waals surface area contributed by atoms with Gasteiger partial charge in [0.15, 0.2) is 0 Å². The predicted octanol–water partition coefficient (Wildman–Crippen LogP) is 4.53. The Hall–Kier alpha value is -3.31. The fourth-order valence-corrected chi connectivity index (χ4v) is 6.37. The van der Waals surface area contributed by atoms with Crippen molar-refractivity contribution in [3.05, 3.63) is 64.9 Å². The van der Waals surface area contributed by atoms with E-state index in [4.69, 9.17) is 0 Å². The van der Waals surface area contributed by atoms with E-state index in [-0.39, 0.29) is 29.2 Å². The summed E-state index contributed by atoms with van der Waals surface area (Å²) in [5.74, 6) is -1.44. The second kappa shape index (κ2) is 10.0. The van der Waals surface area contributed by atoms with Crippen molar-refractivity contribution in [2.75, 3.05) is 9.62 Å². The largest absolute Gasteiger partial charge is 0.430 e. The summed E-state index contributed by atoms with van der Waals surface area (Å²) in [5, 5.41) is 19.5. The highest BCUT2D eigenvalue weighted by Crippen LogP contribution is 2.51. The standard InChI is InChI=1S/C22H17F7N4O4S2/c23-14-3-6-16(7-4-14)39(36,37)33-15(10-18(34)31-19-32-30-11-38-19)5-1-12-9-13(2-8-17(12)33)20(35,21(24,25)26)22(27,28)29/h2-4,6-9,11,15,35H,1,5,10H2,(H,31,32,34)/t15-/m0/s1. The lowest BCUT2D eigenvalue weighted by atomic mass is 9.87. The van der Waals surface area contributed by atoms with Crippen LogP contribution < -0.4 is 9.62 Å². The monoisotopic (exact) mass is 598 g/mol. The summed E-state index contributed by atoms with van der Waals surface area (Å²) in [4.78, 5) is 12.2. The van der Waals surface area contributed by atoms with Crippen molar-refractivity contribution in [3.8, 4) is 0 Å². The number of fused-ring (bicyclic) bond motifs is 1. The summed E-state index contributed by atoms with van der Waals surface area (Å²) in [6.07, 6.45) is -13.1. The molecule has 0 aliphatic carbocycles. The van der Waals surface area contributed by atoms with Crippen molar-refractivity contribution < 1.29 is 49.1 Å². The van der Waals surface area contributed by atoms with Crippen LogP contribution in [0.15, 0.2) is 52.9 Å². The summed E-state index contributed by atoms with van der Waals surface area (Å²) in [5.41, 5.74) is -5.97. The van der Waals surface area contributed by atoms with Gasteiger partial charge in [-0.3, -0.25) is 9.10 Å². The summed E-state index contributed by atoms with van der Waals surface area (Å²) in [6.45, 7) is 0. The Kier molecular flexibility index (Phi) is 7.37. The van der Waals surface area contributed by atoms with Gasteiger partial charge in [0.05, 0.1) is 16.6 Å². The number of hydrogen-bond donors (Lipinski definition) is 2. The lowest BCUT2D eigenvalue weighted by Gasteiger charge is -2.39. The maximum absolute atomic E-state index is 13.6. The number of nitrogens with zero attached hydrogens (tertiary/aromatic N) is 3. The van der Waals surface area contributed by atoms with Crippen LogP contribution in [0.3, 0.4) is 0 Å². The molecule has 0 unspecified atom stereocenters. The molecule has 0 saturated carbocycles. The molecule has 210 valence electrons. The van der Waals surface area contributed by atoms with Gasteiger partial charge in [-0.15, -0.1) is 10.2 Å². The van der Waals surface area contributed by atoms with E-state index in [1.54, 1.807) is 0 Å². The van der Waals surface area contributed by atoms with Gasteiger partial charge in [0, 0.05) is 12.0 Å². The first-order valence-electron chi connectivity index (χ1n) is 10.9. The van der Waals surface area contributed by atoms with Crippen LogP contribution >= 0.6 is 11.3 Å². The Morgan fingerprint density at radius 2 is 1.72 bits per heavy atom. The highest BCUT2D eigenvalue weighted by molar-refractivity contribution is 7.92. The quantitative estimate of drug-likeness (QED) is 0.404. The molecule has 17 heteroatoms. The van der Waals surface area contributed by atoms with Crippen LogP contribution in [0.4, 0.5) is 41.6 Å². The fourth-order valence-electron chi connectivity index (χ4n) is 4.19. The molecule has 0 saturated heterocycles. The van der Waals surface area contributed by atoms with Crippen LogP contribution in [0.1, 0.15) is 24.0 Å². The minimum atomic E-state index is -6.14. The molecule has 4 rings (SSSR count). The van der Waals surface area contributed by atoms with Crippen LogP contribution in [-0.4, -0.2) is 48.0 Å². The number of sulfonamides is 1. The number of amides is 1. The van der Waals surface area contributed by atoms with Crippen molar-refractivity contribution in [2.45, 2.75) is 48.2 Å².